The number of benzene rings is 2. The third-order valence-electron chi connectivity index (χ3n) is 5.63. The Morgan fingerprint density at radius 3 is 2.55 bits per heavy atom. The molecule has 5 rings (SSSR count). The van der Waals surface area contributed by atoms with Crippen LogP contribution in [-0.2, 0) is 6.42 Å². The zero-order chi connectivity index (χ0) is 21.9. The minimum Gasteiger partial charge on any atom is -0.356 e. The monoisotopic (exact) mass is 446 g/mol. The maximum atomic E-state index is 15.1. The van der Waals surface area contributed by atoms with Crippen LogP contribution in [0, 0.1) is 30.2 Å². The lowest BCUT2D eigenvalue weighted by molar-refractivity contribution is 0.480. The molecule has 1 atom stereocenters. The third-order valence-corrected chi connectivity index (χ3v) is 5.92. The number of fused-ring (bicyclic) bond motifs is 3. The molecule has 2 aromatic carbocycles. The molecule has 1 aliphatic rings. The Hall–Kier alpha value is -3.13. The van der Waals surface area contributed by atoms with Crippen molar-refractivity contribution in [3.8, 4) is 0 Å². The minimum atomic E-state index is -0.993. The van der Waals surface area contributed by atoms with Crippen molar-refractivity contribution in [3.05, 3.63) is 87.3 Å². The van der Waals surface area contributed by atoms with Gasteiger partial charge in [0.05, 0.1) is 17.4 Å². The average molecular weight is 447 g/mol. The van der Waals surface area contributed by atoms with Crippen molar-refractivity contribution >= 4 is 28.5 Å². The SMILES string of the molecule is Cc1ccc(C2c3[nH]c4cc(F)c(Cl)cc4c3CCN2c2ncc(F)cn2)c(F)c1F. The van der Waals surface area contributed by atoms with Crippen LogP contribution in [-0.4, -0.2) is 21.5 Å². The van der Waals surface area contributed by atoms with Crippen LogP contribution < -0.4 is 4.90 Å². The van der Waals surface area contributed by atoms with Crippen molar-refractivity contribution in [2.45, 2.75) is 19.4 Å². The van der Waals surface area contributed by atoms with Crippen LogP contribution in [0.1, 0.15) is 28.4 Å². The van der Waals surface area contributed by atoms with Gasteiger partial charge in [0.2, 0.25) is 5.95 Å². The summed E-state index contributed by atoms with van der Waals surface area (Å²) in [6.07, 6.45) is 2.52. The van der Waals surface area contributed by atoms with Crippen LogP contribution in [0.2, 0.25) is 5.02 Å². The molecule has 3 heterocycles. The van der Waals surface area contributed by atoms with Gasteiger partial charge in [-0.25, -0.2) is 27.5 Å². The number of nitrogens with one attached hydrogen (secondary N) is 1. The molecule has 158 valence electrons. The summed E-state index contributed by atoms with van der Waals surface area (Å²) in [7, 11) is 0. The smallest absolute Gasteiger partial charge is 0.226 e. The van der Waals surface area contributed by atoms with E-state index in [4.69, 9.17) is 11.6 Å². The second kappa shape index (κ2) is 7.23. The van der Waals surface area contributed by atoms with Crippen molar-refractivity contribution < 1.29 is 17.6 Å². The predicted molar refractivity (Wildman–Crippen MR) is 109 cm³/mol. The molecule has 0 radical (unpaired) electrons. The molecular formula is C22H15ClF4N4. The van der Waals surface area contributed by atoms with E-state index in [1.54, 1.807) is 4.90 Å². The molecule has 9 heteroatoms. The lowest BCUT2D eigenvalue weighted by atomic mass is 9.91. The van der Waals surface area contributed by atoms with Gasteiger partial charge >= 0.3 is 0 Å². The van der Waals surface area contributed by atoms with E-state index in [0.29, 0.717) is 29.6 Å². The van der Waals surface area contributed by atoms with Crippen LogP contribution in [0.4, 0.5) is 23.5 Å². The van der Waals surface area contributed by atoms with E-state index in [2.05, 4.69) is 15.0 Å². The van der Waals surface area contributed by atoms with Gasteiger partial charge in [0.25, 0.3) is 0 Å². The number of rotatable bonds is 2. The van der Waals surface area contributed by atoms with E-state index in [9.17, 15) is 13.2 Å². The van der Waals surface area contributed by atoms with Gasteiger partial charge in [0, 0.05) is 28.7 Å². The van der Waals surface area contributed by atoms with E-state index in [-0.39, 0.29) is 22.1 Å². The van der Waals surface area contributed by atoms with Crippen LogP contribution in [0.5, 0.6) is 0 Å². The summed E-state index contributed by atoms with van der Waals surface area (Å²) >= 11 is 5.98. The highest BCUT2D eigenvalue weighted by atomic mass is 35.5. The highest BCUT2D eigenvalue weighted by Crippen LogP contribution is 2.41. The second-order valence-corrected chi connectivity index (χ2v) is 7.88. The summed E-state index contributed by atoms with van der Waals surface area (Å²) in [5, 5.41) is 0.682. The first-order chi connectivity index (χ1) is 14.8. The van der Waals surface area contributed by atoms with Crippen LogP contribution in [0.15, 0.2) is 36.7 Å². The molecule has 0 aliphatic carbocycles. The molecule has 1 unspecified atom stereocenters. The first-order valence-corrected chi connectivity index (χ1v) is 9.91. The normalized spacial score (nSPS) is 16.1. The number of aromatic nitrogens is 3. The van der Waals surface area contributed by atoms with Crippen molar-refractivity contribution in [1.29, 1.82) is 0 Å². The molecule has 1 N–H and O–H groups in total. The molecule has 1 aliphatic heterocycles. The number of anilines is 1. The highest BCUT2D eigenvalue weighted by molar-refractivity contribution is 6.31. The lowest BCUT2D eigenvalue weighted by Crippen LogP contribution is -2.38. The van der Waals surface area contributed by atoms with E-state index in [1.165, 1.54) is 31.2 Å². The Balaban J connectivity index is 1.76. The number of H-pyrrole nitrogens is 1. The van der Waals surface area contributed by atoms with E-state index in [1.807, 2.05) is 0 Å². The van der Waals surface area contributed by atoms with E-state index in [0.717, 1.165) is 18.0 Å². The van der Waals surface area contributed by atoms with Crippen LogP contribution in [0.3, 0.4) is 0 Å². The molecule has 2 aromatic heterocycles. The fourth-order valence-corrected chi connectivity index (χ4v) is 4.31. The lowest BCUT2D eigenvalue weighted by Gasteiger charge is -2.36. The number of halogens is 5. The molecule has 0 spiro atoms. The van der Waals surface area contributed by atoms with Gasteiger partial charge in [-0.15, -0.1) is 0 Å². The van der Waals surface area contributed by atoms with E-state index >= 15 is 4.39 Å². The molecule has 0 fully saturated rings. The zero-order valence-corrected chi connectivity index (χ0v) is 16.9. The van der Waals surface area contributed by atoms with Crippen molar-refractivity contribution in [3.63, 3.8) is 0 Å². The molecule has 31 heavy (non-hydrogen) atoms. The summed E-state index contributed by atoms with van der Waals surface area (Å²) < 4.78 is 57.0. The topological polar surface area (TPSA) is 44.8 Å². The molecule has 4 nitrogen and oxygen atoms in total. The standard InChI is InChI=1S/C22H15ClF4N4/c1-10-2-3-13(19(27)18(10)26)21-20-12(14-6-15(23)16(25)7-17(14)30-20)4-5-31(21)22-28-8-11(24)9-29-22/h2-3,6-9,21,30H,4-5H2,1H3. The number of aromatic amines is 1. The molecule has 0 bridgehead atoms. The summed E-state index contributed by atoms with van der Waals surface area (Å²) in [6.45, 7) is 1.82. The van der Waals surface area contributed by atoms with Crippen molar-refractivity contribution in [2.75, 3.05) is 11.4 Å². The van der Waals surface area contributed by atoms with Crippen LogP contribution in [0.25, 0.3) is 10.9 Å². The summed E-state index contributed by atoms with van der Waals surface area (Å²) in [5.74, 6) is -2.97. The Morgan fingerprint density at radius 1 is 1.06 bits per heavy atom. The second-order valence-electron chi connectivity index (χ2n) is 7.48. The predicted octanol–water partition coefficient (Wildman–Crippen LogP) is 5.63. The number of aryl methyl sites for hydroxylation is 1. The Kier molecular flexibility index (Phi) is 4.62. The Morgan fingerprint density at radius 2 is 1.81 bits per heavy atom. The van der Waals surface area contributed by atoms with E-state index < -0.39 is 29.3 Å². The fourth-order valence-electron chi connectivity index (χ4n) is 4.15. The average Bonchev–Trinajstić information content (AvgIpc) is 3.10. The summed E-state index contributed by atoms with van der Waals surface area (Å²) in [6, 6.07) is 4.96. The summed E-state index contributed by atoms with van der Waals surface area (Å²) in [4.78, 5) is 12.9. The zero-order valence-electron chi connectivity index (χ0n) is 16.2. The van der Waals surface area contributed by atoms with Gasteiger partial charge in [-0.3, -0.25) is 0 Å². The quantitative estimate of drug-likeness (QED) is 0.406. The van der Waals surface area contributed by atoms with Gasteiger partial charge in [-0.1, -0.05) is 23.7 Å². The summed E-state index contributed by atoms with van der Waals surface area (Å²) in [5.41, 5.74) is 2.10. The van der Waals surface area contributed by atoms with Crippen LogP contribution >= 0.6 is 11.6 Å². The maximum absolute atomic E-state index is 15.1. The van der Waals surface area contributed by atoms with Crippen molar-refractivity contribution in [2.24, 2.45) is 0 Å². The van der Waals surface area contributed by atoms with Gasteiger partial charge in [-0.05, 0) is 36.6 Å². The first kappa shape index (κ1) is 19.8. The molecule has 0 amide bonds. The number of hydrogen-bond donors (Lipinski definition) is 1. The van der Waals surface area contributed by atoms with Crippen molar-refractivity contribution in [1.82, 2.24) is 15.0 Å². The molecule has 4 aromatic rings. The van der Waals surface area contributed by atoms with Gasteiger partial charge in [0.15, 0.2) is 17.5 Å². The maximum Gasteiger partial charge on any atom is 0.226 e. The Bertz CT molecular complexity index is 1320. The fraction of sp³-hybridized carbons (Fsp3) is 0.182. The number of hydrogen-bond acceptors (Lipinski definition) is 3. The first-order valence-electron chi connectivity index (χ1n) is 9.53. The third kappa shape index (κ3) is 3.13. The highest BCUT2D eigenvalue weighted by Gasteiger charge is 2.36. The van der Waals surface area contributed by atoms with Gasteiger partial charge in [-0.2, -0.15) is 0 Å². The molecule has 0 saturated carbocycles. The van der Waals surface area contributed by atoms with Gasteiger partial charge in [0.1, 0.15) is 11.9 Å². The minimum absolute atomic E-state index is 0.0253. The Labute approximate surface area is 179 Å². The number of nitrogens with zero attached hydrogens (tertiary/aromatic N) is 3. The molecular weight excluding hydrogens is 432 g/mol. The van der Waals surface area contributed by atoms with Gasteiger partial charge < -0.3 is 9.88 Å². The molecule has 0 saturated heterocycles. The largest absolute Gasteiger partial charge is 0.356 e.